The fraction of sp³-hybridized carbons (Fsp3) is 0.214. The Morgan fingerprint density at radius 3 is 2.86 bits per heavy atom. The number of ether oxygens (including phenoxy) is 3. The molecular weight excluding hydrogens is 276 g/mol. The topological polar surface area (TPSA) is 79.7 Å². The van der Waals surface area contributed by atoms with Crippen molar-refractivity contribution in [3.05, 3.63) is 45.9 Å². The number of benzene rings is 1. The first kappa shape index (κ1) is 13.2. The minimum absolute atomic E-state index is 0.169. The van der Waals surface area contributed by atoms with Gasteiger partial charge in [-0.2, -0.15) is 5.10 Å². The average Bonchev–Trinajstić information content (AvgIpc) is 2.96. The van der Waals surface area contributed by atoms with Gasteiger partial charge in [-0.05, 0) is 19.1 Å². The number of esters is 1. The van der Waals surface area contributed by atoms with Crippen molar-refractivity contribution in [3.63, 3.8) is 0 Å². The van der Waals surface area contributed by atoms with Crippen molar-refractivity contribution in [3.8, 4) is 17.2 Å². The van der Waals surface area contributed by atoms with Crippen molar-refractivity contribution in [1.29, 1.82) is 0 Å². The Bertz CT molecular complexity index is 781. The number of fused-ring (bicyclic) bond motifs is 1. The molecule has 0 fully saturated rings. The molecule has 1 aromatic heterocycles. The number of methoxy groups -OCH3 is 1. The number of carbonyl (C=O) groups is 1. The average molecular weight is 288 g/mol. The molecule has 2 aromatic rings. The molecule has 0 radical (unpaired) electrons. The fourth-order valence-corrected chi connectivity index (χ4v) is 2.00. The lowest BCUT2D eigenvalue weighted by Crippen LogP contribution is -2.24. The summed E-state index contributed by atoms with van der Waals surface area (Å²) in [5.74, 6) is 0.466. The van der Waals surface area contributed by atoms with Crippen molar-refractivity contribution >= 4 is 5.97 Å². The highest BCUT2D eigenvalue weighted by atomic mass is 16.7. The van der Waals surface area contributed by atoms with Crippen molar-refractivity contribution < 1.29 is 19.0 Å². The van der Waals surface area contributed by atoms with Crippen LogP contribution in [0.3, 0.4) is 0 Å². The van der Waals surface area contributed by atoms with Gasteiger partial charge in [-0.3, -0.25) is 4.79 Å². The van der Waals surface area contributed by atoms with Crippen LogP contribution < -0.4 is 14.9 Å². The highest BCUT2D eigenvalue weighted by Crippen LogP contribution is 2.33. The quantitative estimate of drug-likeness (QED) is 0.769. The molecule has 0 atom stereocenters. The summed E-state index contributed by atoms with van der Waals surface area (Å²) >= 11 is 0. The Kier molecular flexibility index (Phi) is 3.09. The van der Waals surface area contributed by atoms with Crippen LogP contribution >= 0.6 is 0 Å². The van der Waals surface area contributed by atoms with E-state index in [1.807, 2.05) is 0 Å². The number of aromatic nitrogens is 2. The lowest BCUT2D eigenvalue weighted by molar-refractivity contribution is 0.0590. The van der Waals surface area contributed by atoms with Gasteiger partial charge in [0, 0.05) is 17.8 Å². The molecule has 21 heavy (non-hydrogen) atoms. The van der Waals surface area contributed by atoms with Gasteiger partial charge in [0.15, 0.2) is 11.5 Å². The van der Waals surface area contributed by atoms with Gasteiger partial charge >= 0.3 is 5.97 Å². The lowest BCUT2D eigenvalue weighted by atomic mass is 10.2. The van der Waals surface area contributed by atoms with Gasteiger partial charge < -0.3 is 14.2 Å². The molecule has 7 heteroatoms. The third-order valence-corrected chi connectivity index (χ3v) is 3.10. The molecule has 2 heterocycles. The zero-order valence-electron chi connectivity index (χ0n) is 11.5. The highest BCUT2D eigenvalue weighted by molar-refractivity contribution is 5.87. The first-order valence-corrected chi connectivity index (χ1v) is 6.19. The first-order valence-electron chi connectivity index (χ1n) is 6.19. The summed E-state index contributed by atoms with van der Waals surface area (Å²) in [7, 11) is 1.21. The molecule has 1 aromatic carbocycles. The molecule has 1 aliphatic rings. The molecule has 7 nitrogen and oxygen atoms in total. The molecule has 0 spiro atoms. The number of carbonyl (C=O) groups excluding carboxylic acids is 1. The van der Waals surface area contributed by atoms with Crippen LogP contribution in [0, 0.1) is 6.92 Å². The van der Waals surface area contributed by atoms with Gasteiger partial charge in [-0.1, -0.05) is 0 Å². The first-order chi connectivity index (χ1) is 10.1. The molecular formula is C14H12N2O5. The third kappa shape index (κ3) is 2.22. The van der Waals surface area contributed by atoms with E-state index in [-0.39, 0.29) is 12.5 Å². The zero-order chi connectivity index (χ0) is 15.0. The third-order valence-electron chi connectivity index (χ3n) is 3.10. The summed E-state index contributed by atoms with van der Waals surface area (Å²) in [6.07, 6.45) is 1.55. The van der Waals surface area contributed by atoms with Crippen molar-refractivity contribution in [2.45, 2.75) is 6.92 Å². The second-order valence-corrected chi connectivity index (χ2v) is 4.46. The number of hydrogen-bond donors (Lipinski definition) is 0. The zero-order valence-corrected chi connectivity index (χ0v) is 11.5. The minimum atomic E-state index is -0.766. The predicted octanol–water partition coefficient (Wildman–Crippen LogP) is 1.06. The Balaban J connectivity index is 2.12. The molecule has 108 valence electrons. The van der Waals surface area contributed by atoms with Crippen LogP contribution in [0.25, 0.3) is 5.69 Å². The van der Waals surface area contributed by atoms with Crippen molar-refractivity contribution in [1.82, 2.24) is 9.78 Å². The Morgan fingerprint density at radius 1 is 1.33 bits per heavy atom. The van der Waals surface area contributed by atoms with E-state index in [9.17, 15) is 9.59 Å². The summed E-state index contributed by atoms with van der Waals surface area (Å²) in [6, 6.07) is 5.22. The van der Waals surface area contributed by atoms with Crippen LogP contribution in [0.5, 0.6) is 11.5 Å². The maximum atomic E-state index is 11.9. The van der Waals surface area contributed by atoms with Crippen LogP contribution in [0.4, 0.5) is 0 Å². The Morgan fingerprint density at radius 2 is 2.10 bits per heavy atom. The minimum Gasteiger partial charge on any atom is -0.464 e. The number of aryl methyl sites for hydroxylation is 1. The van der Waals surface area contributed by atoms with E-state index in [1.165, 1.54) is 11.8 Å². The molecule has 0 saturated heterocycles. The molecule has 0 bridgehead atoms. The summed E-state index contributed by atoms with van der Waals surface area (Å²) in [6.45, 7) is 1.78. The van der Waals surface area contributed by atoms with E-state index in [4.69, 9.17) is 9.47 Å². The molecule has 1 aliphatic heterocycles. The van der Waals surface area contributed by atoms with Crippen LogP contribution in [0.2, 0.25) is 0 Å². The van der Waals surface area contributed by atoms with E-state index in [1.54, 1.807) is 31.3 Å². The summed E-state index contributed by atoms with van der Waals surface area (Å²) in [4.78, 5) is 23.5. The molecule has 0 saturated carbocycles. The largest absolute Gasteiger partial charge is 0.464 e. The SMILES string of the molecule is COC(=O)c1nn(-c2ccc3c(c2)OCO3)cc(C)c1=O. The van der Waals surface area contributed by atoms with Crippen LogP contribution in [0.15, 0.2) is 29.2 Å². The van der Waals surface area contributed by atoms with Gasteiger partial charge in [0.25, 0.3) is 0 Å². The van der Waals surface area contributed by atoms with Gasteiger partial charge in [-0.25, -0.2) is 9.48 Å². The van der Waals surface area contributed by atoms with E-state index in [0.717, 1.165) is 0 Å². The lowest BCUT2D eigenvalue weighted by Gasteiger charge is -2.09. The van der Waals surface area contributed by atoms with Crippen LogP contribution in [-0.2, 0) is 4.74 Å². The van der Waals surface area contributed by atoms with E-state index < -0.39 is 11.4 Å². The summed E-state index contributed by atoms with van der Waals surface area (Å²) < 4.78 is 16.5. The maximum Gasteiger partial charge on any atom is 0.362 e. The smallest absolute Gasteiger partial charge is 0.362 e. The molecule has 0 unspecified atom stereocenters. The van der Waals surface area contributed by atoms with Crippen LogP contribution in [-0.4, -0.2) is 29.7 Å². The monoisotopic (exact) mass is 288 g/mol. The number of nitrogens with zero attached hydrogens (tertiary/aromatic N) is 2. The number of hydrogen-bond acceptors (Lipinski definition) is 6. The Labute approximate surface area is 119 Å². The normalized spacial score (nSPS) is 12.3. The van der Waals surface area contributed by atoms with Crippen LogP contribution in [0.1, 0.15) is 16.1 Å². The summed E-state index contributed by atoms with van der Waals surface area (Å²) in [5, 5.41) is 4.03. The molecule has 0 N–H and O–H groups in total. The second-order valence-electron chi connectivity index (χ2n) is 4.46. The van der Waals surface area contributed by atoms with Crippen molar-refractivity contribution in [2.24, 2.45) is 0 Å². The maximum absolute atomic E-state index is 11.9. The molecule has 3 rings (SSSR count). The van der Waals surface area contributed by atoms with E-state index >= 15 is 0 Å². The van der Waals surface area contributed by atoms with Gasteiger partial charge in [-0.15, -0.1) is 0 Å². The molecule has 0 aliphatic carbocycles. The highest BCUT2D eigenvalue weighted by Gasteiger charge is 2.18. The van der Waals surface area contributed by atoms with Gasteiger partial charge in [0.2, 0.25) is 17.9 Å². The van der Waals surface area contributed by atoms with E-state index in [0.29, 0.717) is 22.7 Å². The van der Waals surface area contributed by atoms with Crippen molar-refractivity contribution in [2.75, 3.05) is 13.9 Å². The van der Waals surface area contributed by atoms with Gasteiger partial charge in [0.05, 0.1) is 12.8 Å². The molecule has 0 amide bonds. The predicted molar refractivity (Wildman–Crippen MR) is 72.0 cm³/mol. The van der Waals surface area contributed by atoms with E-state index in [2.05, 4.69) is 9.84 Å². The standard InChI is InChI=1S/C14H12N2O5/c1-8-6-16(15-12(13(8)17)14(18)19-2)9-3-4-10-11(5-9)21-7-20-10/h3-6H,7H2,1-2H3. The second kappa shape index (κ2) is 4.93. The Hall–Kier alpha value is -2.83. The summed E-state index contributed by atoms with van der Waals surface area (Å²) in [5.41, 5.74) is 0.338. The number of rotatable bonds is 2. The van der Waals surface area contributed by atoms with Gasteiger partial charge in [0.1, 0.15) is 0 Å². The fourth-order valence-electron chi connectivity index (χ4n) is 2.00.